The first kappa shape index (κ1) is 10.9. The molecule has 0 amide bonds. The Hall–Kier alpha value is -0.640. The van der Waals surface area contributed by atoms with Gasteiger partial charge in [-0.1, -0.05) is 13.8 Å². The van der Waals surface area contributed by atoms with Crippen molar-refractivity contribution >= 4 is 17.6 Å². The van der Waals surface area contributed by atoms with Gasteiger partial charge in [0.15, 0.2) is 0 Å². The molecule has 15 heavy (non-hydrogen) atoms. The molecule has 1 fully saturated rings. The molecule has 1 aromatic heterocycles. The van der Waals surface area contributed by atoms with Crippen LogP contribution >= 0.6 is 11.8 Å². The van der Waals surface area contributed by atoms with Crippen LogP contribution in [0.3, 0.4) is 0 Å². The molecule has 0 spiro atoms. The molecule has 0 unspecified atom stereocenters. The maximum absolute atomic E-state index is 5.90. The molecule has 1 aromatic rings. The van der Waals surface area contributed by atoms with E-state index in [2.05, 4.69) is 24.0 Å². The Bertz CT molecular complexity index is 327. The summed E-state index contributed by atoms with van der Waals surface area (Å²) in [7, 11) is 0. The van der Waals surface area contributed by atoms with Crippen LogP contribution in [0.1, 0.15) is 49.8 Å². The van der Waals surface area contributed by atoms with Gasteiger partial charge in [-0.25, -0.2) is 0 Å². The highest BCUT2D eigenvalue weighted by Crippen LogP contribution is 2.36. The Morgan fingerprint density at radius 3 is 2.67 bits per heavy atom. The van der Waals surface area contributed by atoms with Crippen molar-refractivity contribution in [2.24, 2.45) is 0 Å². The summed E-state index contributed by atoms with van der Waals surface area (Å²) in [4.78, 5) is 0. The summed E-state index contributed by atoms with van der Waals surface area (Å²) in [6.07, 6.45) is 2.51. The third kappa shape index (κ3) is 2.14. The average Bonchev–Trinajstić information content (AvgIpc) is 2.61. The number of H-pyrrole nitrogens is 1. The van der Waals surface area contributed by atoms with E-state index in [1.807, 2.05) is 11.8 Å². The summed E-state index contributed by atoms with van der Waals surface area (Å²) in [6, 6.07) is 0. The number of nitrogens with zero attached hydrogens (tertiary/aromatic N) is 1. The smallest absolute Gasteiger partial charge is 0.148 e. The van der Waals surface area contributed by atoms with E-state index in [1.54, 1.807) is 0 Å². The molecule has 3 N–H and O–H groups in total. The van der Waals surface area contributed by atoms with Gasteiger partial charge in [-0.05, 0) is 30.3 Å². The number of hydrogen-bond acceptors (Lipinski definition) is 3. The molecule has 0 atom stereocenters. The van der Waals surface area contributed by atoms with E-state index in [0.29, 0.717) is 17.7 Å². The quantitative estimate of drug-likeness (QED) is 0.813. The largest absolute Gasteiger partial charge is 0.382 e. The number of nitrogens with two attached hydrogens (primary N) is 1. The lowest BCUT2D eigenvalue weighted by atomic mass is 9.91. The fourth-order valence-electron chi connectivity index (χ4n) is 2.28. The van der Waals surface area contributed by atoms with E-state index in [4.69, 9.17) is 5.73 Å². The van der Waals surface area contributed by atoms with Crippen LogP contribution in [0.15, 0.2) is 0 Å². The number of nitrogen functional groups attached to an aromatic ring is 1. The normalized spacial score (nSPS) is 18.6. The predicted molar refractivity (Wildman–Crippen MR) is 66.4 cm³/mol. The van der Waals surface area contributed by atoms with Gasteiger partial charge in [-0.3, -0.25) is 5.10 Å². The molecule has 0 radical (unpaired) electrons. The molecule has 1 aliphatic rings. The first-order valence-corrected chi connectivity index (χ1v) is 6.77. The van der Waals surface area contributed by atoms with Gasteiger partial charge in [0.2, 0.25) is 0 Å². The minimum absolute atomic E-state index is 0.466. The summed E-state index contributed by atoms with van der Waals surface area (Å²) in [5, 5.41) is 7.30. The maximum atomic E-state index is 5.90. The van der Waals surface area contributed by atoms with Crippen LogP contribution in [0.2, 0.25) is 0 Å². The highest BCUT2D eigenvalue weighted by atomic mass is 32.2. The summed E-state index contributed by atoms with van der Waals surface area (Å²) in [5.41, 5.74) is 8.44. The van der Waals surface area contributed by atoms with Gasteiger partial charge in [-0.2, -0.15) is 16.9 Å². The molecule has 2 heterocycles. The van der Waals surface area contributed by atoms with Crippen LogP contribution < -0.4 is 5.73 Å². The number of thioether (sulfide) groups is 1. The van der Waals surface area contributed by atoms with Gasteiger partial charge in [0.1, 0.15) is 5.82 Å². The predicted octanol–water partition coefficient (Wildman–Crippen LogP) is 2.73. The Kier molecular flexibility index (Phi) is 3.24. The molecule has 0 aliphatic carbocycles. The van der Waals surface area contributed by atoms with Crippen LogP contribution in [0, 0.1) is 0 Å². The first-order chi connectivity index (χ1) is 7.20. The SMILES string of the molecule is CC(C)c1c(N)n[nH]c1C1CCSCC1. The lowest BCUT2D eigenvalue weighted by molar-refractivity contribution is 0.606. The molecule has 0 bridgehead atoms. The van der Waals surface area contributed by atoms with E-state index in [0.717, 1.165) is 0 Å². The van der Waals surface area contributed by atoms with Crippen molar-refractivity contribution in [2.45, 2.75) is 38.5 Å². The zero-order valence-corrected chi connectivity index (χ0v) is 10.2. The zero-order valence-electron chi connectivity index (χ0n) is 9.42. The highest BCUT2D eigenvalue weighted by Gasteiger charge is 2.23. The molecule has 4 heteroatoms. The summed E-state index contributed by atoms with van der Waals surface area (Å²) >= 11 is 2.05. The lowest BCUT2D eigenvalue weighted by Crippen LogP contribution is -2.11. The van der Waals surface area contributed by atoms with Crippen molar-refractivity contribution in [3.63, 3.8) is 0 Å². The van der Waals surface area contributed by atoms with Gasteiger partial charge in [0.25, 0.3) is 0 Å². The van der Waals surface area contributed by atoms with E-state index in [-0.39, 0.29) is 0 Å². The van der Waals surface area contributed by atoms with Crippen LogP contribution in [0.4, 0.5) is 5.82 Å². The number of anilines is 1. The first-order valence-electron chi connectivity index (χ1n) is 5.61. The molecule has 0 saturated carbocycles. The highest BCUT2D eigenvalue weighted by molar-refractivity contribution is 7.99. The van der Waals surface area contributed by atoms with E-state index in [1.165, 1.54) is 35.6 Å². The minimum Gasteiger partial charge on any atom is -0.382 e. The number of nitrogens with one attached hydrogen (secondary N) is 1. The average molecular weight is 225 g/mol. The maximum Gasteiger partial charge on any atom is 0.148 e. The third-order valence-corrected chi connectivity index (χ3v) is 4.12. The van der Waals surface area contributed by atoms with Crippen molar-refractivity contribution in [1.29, 1.82) is 0 Å². The van der Waals surface area contributed by atoms with E-state index >= 15 is 0 Å². The van der Waals surface area contributed by atoms with Crippen LogP contribution in [-0.2, 0) is 0 Å². The van der Waals surface area contributed by atoms with Crippen molar-refractivity contribution < 1.29 is 0 Å². The Balaban J connectivity index is 2.26. The van der Waals surface area contributed by atoms with Gasteiger partial charge >= 0.3 is 0 Å². The molecule has 0 aromatic carbocycles. The molecular weight excluding hydrogens is 206 g/mol. The lowest BCUT2D eigenvalue weighted by Gasteiger charge is -2.22. The second-order valence-corrected chi connectivity index (χ2v) is 5.70. The van der Waals surface area contributed by atoms with E-state index < -0.39 is 0 Å². The third-order valence-electron chi connectivity index (χ3n) is 3.07. The monoisotopic (exact) mass is 225 g/mol. The number of aromatic nitrogens is 2. The second-order valence-electron chi connectivity index (χ2n) is 4.48. The topological polar surface area (TPSA) is 54.7 Å². The van der Waals surface area contributed by atoms with Crippen molar-refractivity contribution in [3.8, 4) is 0 Å². The number of aromatic amines is 1. The van der Waals surface area contributed by atoms with Gasteiger partial charge in [0, 0.05) is 17.2 Å². The molecule has 84 valence electrons. The van der Waals surface area contributed by atoms with Crippen LogP contribution in [0.25, 0.3) is 0 Å². The Morgan fingerprint density at radius 1 is 1.40 bits per heavy atom. The van der Waals surface area contributed by atoms with Gasteiger partial charge in [-0.15, -0.1) is 0 Å². The summed E-state index contributed by atoms with van der Waals surface area (Å²) < 4.78 is 0. The number of rotatable bonds is 2. The van der Waals surface area contributed by atoms with Crippen LogP contribution in [-0.4, -0.2) is 21.7 Å². The molecule has 2 rings (SSSR count). The molecule has 3 nitrogen and oxygen atoms in total. The minimum atomic E-state index is 0.466. The van der Waals surface area contributed by atoms with E-state index in [9.17, 15) is 0 Å². The van der Waals surface area contributed by atoms with Crippen molar-refractivity contribution in [1.82, 2.24) is 10.2 Å². The van der Waals surface area contributed by atoms with Gasteiger partial charge in [0.05, 0.1) is 0 Å². The summed E-state index contributed by atoms with van der Waals surface area (Å²) in [5.74, 6) is 4.34. The zero-order chi connectivity index (χ0) is 10.8. The molecule has 1 aliphatic heterocycles. The standard InChI is InChI=1S/C11H19N3S/c1-7(2)9-10(13-14-11(9)12)8-3-5-15-6-4-8/h7-8H,3-6H2,1-2H3,(H3,12,13,14). The Labute approximate surface area is 95.2 Å². The Morgan fingerprint density at radius 2 is 2.07 bits per heavy atom. The summed E-state index contributed by atoms with van der Waals surface area (Å²) in [6.45, 7) is 4.37. The second kappa shape index (κ2) is 4.47. The van der Waals surface area contributed by atoms with Crippen LogP contribution in [0.5, 0.6) is 0 Å². The van der Waals surface area contributed by atoms with Gasteiger partial charge < -0.3 is 5.73 Å². The molecule has 1 saturated heterocycles. The fourth-order valence-corrected chi connectivity index (χ4v) is 3.39. The van der Waals surface area contributed by atoms with Crippen molar-refractivity contribution in [3.05, 3.63) is 11.3 Å². The van der Waals surface area contributed by atoms with Crippen molar-refractivity contribution in [2.75, 3.05) is 17.2 Å². The fraction of sp³-hybridized carbons (Fsp3) is 0.727. The number of hydrogen-bond donors (Lipinski definition) is 2. The molecular formula is C11H19N3S.